The van der Waals surface area contributed by atoms with E-state index in [0.717, 1.165) is 24.0 Å². The fraction of sp³-hybridized carbons (Fsp3) is 0.739. The highest BCUT2D eigenvalue weighted by Gasteiger charge is 2.10. The number of hydrogen-bond donors (Lipinski definition) is 4. The van der Waals surface area contributed by atoms with Crippen molar-refractivity contribution < 1.29 is 23.2 Å². The molecule has 7 heteroatoms. The van der Waals surface area contributed by atoms with Crippen LogP contribution in [0, 0.1) is 0 Å². The maximum atomic E-state index is 11.1. The van der Waals surface area contributed by atoms with Crippen LogP contribution in [-0.4, -0.2) is 49.5 Å². The van der Waals surface area contributed by atoms with Crippen LogP contribution in [0.15, 0.2) is 24.3 Å². The average Bonchev–Trinajstić information content (AvgIpc) is 2.70. The summed E-state index contributed by atoms with van der Waals surface area (Å²) < 4.78 is 31.1. The summed E-state index contributed by atoms with van der Waals surface area (Å²) in [5.41, 5.74) is 1.77. The number of unbranched alkanes of at least 4 members (excludes halogenated alkanes) is 9. The Morgan fingerprint density at radius 1 is 0.767 bits per heavy atom. The molecule has 4 N–H and O–H groups in total. The van der Waals surface area contributed by atoms with Gasteiger partial charge in [-0.25, -0.2) is 0 Å². The summed E-state index contributed by atoms with van der Waals surface area (Å²) in [6, 6.07) is 7.51. The molecule has 6 nitrogen and oxygen atoms in total. The highest BCUT2D eigenvalue weighted by molar-refractivity contribution is 7.85. The van der Waals surface area contributed by atoms with Gasteiger partial charge in [-0.1, -0.05) is 89.0 Å². The van der Waals surface area contributed by atoms with Crippen molar-refractivity contribution in [3.05, 3.63) is 35.4 Å². The van der Waals surface area contributed by atoms with Crippen molar-refractivity contribution in [1.29, 1.82) is 0 Å². The molecule has 30 heavy (non-hydrogen) atoms. The molecule has 0 aliphatic rings. The summed E-state index contributed by atoms with van der Waals surface area (Å²) in [5.74, 6) is -0.277. The van der Waals surface area contributed by atoms with Crippen LogP contribution in [0.5, 0.6) is 0 Å². The molecule has 0 unspecified atom stereocenters. The lowest BCUT2D eigenvalue weighted by molar-refractivity contribution is 0.266. The highest BCUT2D eigenvalue weighted by Crippen LogP contribution is 2.16. The van der Waals surface area contributed by atoms with Crippen molar-refractivity contribution >= 4 is 10.1 Å². The van der Waals surface area contributed by atoms with Crippen molar-refractivity contribution in [3.8, 4) is 0 Å². The van der Waals surface area contributed by atoms with E-state index in [1.54, 1.807) is 6.07 Å². The van der Waals surface area contributed by atoms with Crippen LogP contribution in [0.25, 0.3) is 0 Å². The average molecular weight is 446 g/mol. The fourth-order valence-electron chi connectivity index (χ4n) is 3.22. The molecule has 0 saturated carbocycles. The van der Waals surface area contributed by atoms with Crippen LogP contribution >= 0.6 is 0 Å². The van der Waals surface area contributed by atoms with Gasteiger partial charge in [-0.05, 0) is 24.0 Å². The van der Waals surface area contributed by atoms with E-state index in [9.17, 15) is 8.42 Å². The Morgan fingerprint density at radius 3 is 1.70 bits per heavy atom. The zero-order valence-corrected chi connectivity index (χ0v) is 19.5. The van der Waals surface area contributed by atoms with E-state index in [1.165, 1.54) is 57.8 Å². The second-order valence-corrected chi connectivity index (χ2v) is 9.08. The van der Waals surface area contributed by atoms with Gasteiger partial charge >= 0.3 is 0 Å². The first-order chi connectivity index (χ1) is 14.4. The number of hydrogen-bond acceptors (Lipinski definition) is 5. The zero-order valence-electron chi connectivity index (χ0n) is 18.7. The molecule has 0 aromatic heterocycles. The predicted octanol–water partition coefficient (Wildman–Crippen LogP) is 4.10. The van der Waals surface area contributed by atoms with E-state index >= 15 is 0 Å². The third-order valence-electron chi connectivity index (χ3n) is 4.83. The lowest BCUT2D eigenvalue weighted by Crippen LogP contribution is -2.21. The molecule has 1 aromatic carbocycles. The topological polar surface area (TPSA) is 107 Å². The molecule has 0 fully saturated rings. The maximum Gasteiger partial charge on any atom is 0.269 e. The largest absolute Gasteiger partial charge is 0.395 e. The van der Waals surface area contributed by atoms with Gasteiger partial charge in [0.1, 0.15) is 5.75 Å². The smallest absolute Gasteiger partial charge is 0.269 e. The van der Waals surface area contributed by atoms with E-state index in [1.807, 2.05) is 18.2 Å². The van der Waals surface area contributed by atoms with Crippen LogP contribution in [0.2, 0.25) is 0 Å². The summed E-state index contributed by atoms with van der Waals surface area (Å²) >= 11 is 0. The third kappa shape index (κ3) is 19.0. The van der Waals surface area contributed by atoms with Crippen molar-refractivity contribution in [1.82, 2.24) is 5.32 Å². The Balaban J connectivity index is 0.00000103. The van der Waals surface area contributed by atoms with Gasteiger partial charge in [-0.3, -0.25) is 4.55 Å². The molecule has 1 aromatic rings. The van der Waals surface area contributed by atoms with Crippen LogP contribution < -0.4 is 5.32 Å². The molecule has 0 bridgehead atoms. The molecule has 0 aliphatic carbocycles. The number of rotatable bonds is 17. The second-order valence-electron chi connectivity index (χ2n) is 7.62. The van der Waals surface area contributed by atoms with Crippen LogP contribution in [0.1, 0.15) is 82.3 Å². The second kappa shape index (κ2) is 19.9. The SMILES string of the molecule is CCCCCCCCCCCCc1ccccc1CS(=O)(=O)O.OCCNCCO. The van der Waals surface area contributed by atoms with E-state index in [-0.39, 0.29) is 19.0 Å². The molecule has 0 heterocycles. The Kier molecular flexibility index (Phi) is 19.3. The molecule has 0 spiro atoms. The minimum Gasteiger partial charge on any atom is -0.395 e. The van der Waals surface area contributed by atoms with E-state index < -0.39 is 10.1 Å². The van der Waals surface area contributed by atoms with Crippen LogP contribution in [0.4, 0.5) is 0 Å². The summed E-state index contributed by atoms with van der Waals surface area (Å²) in [7, 11) is -3.95. The first-order valence-corrected chi connectivity index (χ1v) is 13.0. The molecule has 176 valence electrons. The highest BCUT2D eigenvalue weighted by atomic mass is 32.2. The summed E-state index contributed by atoms with van der Waals surface area (Å²) in [6.45, 7) is 3.66. The monoisotopic (exact) mass is 445 g/mol. The number of nitrogens with one attached hydrogen (secondary N) is 1. The molecule has 0 radical (unpaired) electrons. The predicted molar refractivity (Wildman–Crippen MR) is 124 cm³/mol. The summed E-state index contributed by atoms with van der Waals surface area (Å²) in [4.78, 5) is 0. The van der Waals surface area contributed by atoms with Gasteiger partial charge in [0.05, 0.1) is 13.2 Å². The zero-order chi connectivity index (χ0) is 22.5. The molecular formula is C23H43NO5S. The van der Waals surface area contributed by atoms with E-state index in [4.69, 9.17) is 14.8 Å². The number of aryl methyl sites for hydroxylation is 1. The van der Waals surface area contributed by atoms with E-state index in [0.29, 0.717) is 13.1 Å². The van der Waals surface area contributed by atoms with Crippen molar-refractivity contribution in [2.24, 2.45) is 0 Å². The standard InChI is InChI=1S/C19H32O3S.C4H11NO2/c1-2-3-4-5-6-7-8-9-10-11-14-18-15-12-13-16-19(18)17-23(20,21)22;6-3-1-5-2-4-7/h12-13,15-16H,2-11,14,17H2,1H3,(H,20,21,22);5-7H,1-4H2. The Labute approximate surface area is 183 Å². The van der Waals surface area contributed by atoms with Gasteiger partial charge in [0.25, 0.3) is 10.1 Å². The van der Waals surface area contributed by atoms with Gasteiger partial charge in [-0.15, -0.1) is 0 Å². The summed E-state index contributed by atoms with van der Waals surface area (Å²) in [5, 5.41) is 19.1. The minimum atomic E-state index is -3.95. The molecule has 1 rings (SSSR count). The molecule has 0 aliphatic heterocycles. The van der Waals surface area contributed by atoms with Gasteiger partial charge in [0.15, 0.2) is 0 Å². The lowest BCUT2D eigenvalue weighted by atomic mass is 10.0. The van der Waals surface area contributed by atoms with E-state index in [2.05, 4.69) is 12.2 Å². The number of benzene rings is 1. The molecule has 0 amide bonds. The molecule has 0 atom stereocenters. The van der Waals surface area contributed by atoms with Crippen LogP contribution in [0.3, 0.4) is 0 Å². The quantitative estimate of drug-likeness (QED) is 0.212. The van der Waals surface area contributed by atoms with Gasteiger partial charge < -0.3 is 15.5 Å². The normalized spacial score (nSPS) is 11.2. The fourth-order valence-corrected chi connectivity index (χ4v) is 3.90. The maximum absolute atomic E-state index is 11.1. The Bertz CT molecular complexity index is 603. The Morgan fingerprint density at radius 2 is 1.23 bits per heavy atom. The molecular weight excluding hydrogens is 402 g/mol. The summed E-state index contributed by atoms with van der Waals surface area (Å²) in [6.07, 6.45) is 13.8. The first-order valence-electron chi connectivity index (χ1n) is 11.4. The number of aliphatic hydroxyl groups excluding tert-OH is 2. The van der Waals surface area contributed by atoms with Crippen LogP contribution in [-0.2, 0) is 22.3 Å². The van der Waals surface area contributed by atoms with Gasteiger partial charge in [0, 0.05) is 13.1 Å². The number of aliphatic hydroxyl groups is 2. The van der Waals surface area contributed by atoms with Crippen molar-refractivity contribution in [2.45, 2.75) is 83.3 Å². The van der Waals surface area contributed by atoms with Gasteiger partial charge in [-0.2, -0.15) is 8.42 Å². The van der Waals surface area contributed by atoms with Crippen molar-refractivity contribution in [3.63, 3.8) is 0 Å². The third-order valence-corrected chi connectivity index (χ3v) is 5.51. The lowest BCUT2D eigenvalue weighted by Gasteiger charge is -2.08. The van der Waals surface area contributed by atoms with Crippen molar-refractivity contribution in [2.75, 3.05) is 26.3 Å². The first kappa shape index (κ1) is 29.0. The minimum absolute atomic E-state index is 0.139. The Hall–Kier alpha value is -0.990. The molecule has 0 saturated heterocycles. The van der Waals surface area contributed by atoms with Gasteiger partial charge in [0.2, 0.25) is 0 Å².